The molecule has 26 heavy (non-hydrogen) atoms. The maximum Gasteiger partial charge on any atom is 0.426 e. The molecule has 0 heterocycles. The van der Waals surface area contributed by atoms with Crippen LogP contribution in [0.25, 0.3) is 0 Å². The SMILES string of the molecule is O=S(=O)(O)c1ccccc1.O=[N+]([O-])c1ccc(O)c([N+](=O)[O-])c1[N+](=O)[O-]. The minimum Gasteiger partial charge on any atom is -0.502 e. The molecule has 0 aromatic heterocycles. The molecule has 138 valence electrons. The third-order valence-electron chi connectivity index (χ3n) is 2.71. The Morgan fingerprint density at radius 2 is 1.27 bits per heavy atom. The molecule has 0 bridgehead atoms. The highest BCUT2D eigenvalue weighted by molar-refractivity contribution is 7.85. The topological polar surface area (TPSA) is 204 Å². The summed E-state index contributed by atoms with van der Waals surface area (Å²) in [6.45, 7) is 0. The van der Waals surface area contributed by atoms with Gasteiger partial charge in [-0.3, -0.25) is 34.9 Å². The molecule has 0 saturated heterocycles. The van der Waals surface area contributed by atoms with Gasteiger partial charge < -0.3 is 5.11 Å². The van der Waals surface area contributed by atoms with Crippen molar-refractivity contribution in [3.8, 4) is 5.75 Å². The Morgan fingerprint density at radius 1 is 0.769 bits per heavy atom. The van der Waals surface area contributed by atoms with Gasteiger partial charge in [-0.25, -0.2) is 0 Å². The molecule has 0 fully saturated rings. The van der Waals surface area contributed by atoms with E-state index >= 15 is 0 Å². The zero-order chi connectivity index (χ0) is 20.1. The molecule has 2 aromatic carbocycles. The second-order valence-electron chi connectivity index (χ2n) is 4.36. The molecule has 0 aliphatic rings. The maximum atomic E-state index is 10.5. The zero-order valence-corrected chi connectivity index (χ0v) is 13.3. The number of phenolic OH excluding ortho intramolecular Hbond substituents is 1. The van der Waals surface area contributed by atoms with Crippen LogP contribution < -0.4 is 0 Å². The highest BCUT2D eigenvalue weighted by atomic mass is 32.2. The van der Waals surface area contributed by atoms with E-state index in [9.17, 15) is 38.8 Å². The van der Waals surface area contributed by atoms with E-state index in [2.05, 4.69) is 0 Å². The highest BCUT2D eigenvalue weighted by Gasteiger charge is 2.38. The van der Waals surface area contributed by atoms with E-state index in [1.807, 2.05) is 0 Å². The summed E-state index contributed by atoms with van der Waals surface area (Å²) in [7, 11) is -4.00. The van der Waals surface area contributed by atoms with Crippen molar-refractivity contribution in [2.24, 2.45) is 0 Å². The molecule has 0 unspecified atom stereocenters. The van der Waals surface area contributed by atoms with Crippen molar-refractivity contribution >= 4 is 27.2 Å². The molecule has 0 atom stereocenters. The third kappa shape index (κ3) is 4.92. The van der Waals surface area contributed by atoms with Crippen LogP contribution in [0.1, 0.15) is 0 Å². The fourth-order valence-corrected chi connectivity index (χ4v) is 2.16. The van der Waals surface area contributed by atoms with E-state index in [1.165, 1.54) is 12.1 Å². The Kier molecular flexibility index (Phi) is 6.24. The van der Waals surface area contributed by atoms with Gasteiger partial charge in [-0.2, -0.15) is 8.42 Å². The standard InChI is InChI=1S/C6H3N3O7.C6H6O3S/c10-4-2-1-3(7(11)12)5(8(13)14)6(4)9(15)16;7-10(8,9)6-4-2-1-3-5-6/h1-2,10H;1-5H,(H,7,8,9). The van der Waals surface area contributed by atoms with Crippen LogP contribution in [-0.4, -0.2) is 32.8 Å². The smallest absolute Gasteiger partial charge is 0.426 e. The molecule has 0 aliphatic carbocycles. The number of benzene rings is 2. The van der Waals surface area contributed by atoms with Crippen LogP contribution in [-0.2, 0) is 10.1 Å². The summed E-state index contributed by atoms with van der Waals surface area (Å²) in [5.74, 6) is -0.998. The fourth-order valence-electron chi connectivity index (χ4n) is 1.66. The summed E-state index contributed by atoms with van der Waals surface area (Å²) in [6.07, 6.45) is 0. The predicted octanol–water partition coefficient (Wildman–Crippen LogP) is 2.05. The Bertz CT molecular complexity index is 959. The van der Waals surface area contributed by atoms with Gasteiger partial charge in [0.1, 0.15) is 0 Å². The summed E-state index contributed by atoms with van der Waals surface area (Å²) >= 11 is 0. The van der Waals surface area contributed by atoms with Crippen molar-refractivity contribution in [3.63, 3.8) is 0 Å². The van der Waals surface area contributed by atoms with Gasteiger partial charge in [0.2, 0.25) is 5.75 Å². The fraction of sp³-hybridized carbons (Fsp3) is 0. The third-order valence-corrected chi connectivity index (χ3v) is 3.58. The van der Waals surface area contributed by atoms with Crippen molar-refractivity contribution in [2.45, 2.75) is 4.90 Å². The van der Waals surface area contributed by atoms with E-state index in [1.54, 1.807) is 18.2 Å². The number of phenols is 1. The largest absolute Gasteiger partial charge is 0.502 e. The normalized spacial score (nSPS) is 10.3. The maximum absolute atomic E-state index is 10.5. The summed E-state index contributed by atoms with van der Waals surface area (Å²) in [6, 6.07) is 8.70. The van der Waals surface area contributed by atoms with Crippen LogP contribution in [0.3, 0.4) is 0 Å². The second-order valence-corrected chi connectivity index (χ2v) is 5.78. The number of nitro benzene ring substituents is 3. The average molecular weight is 387 g/mol. The minimum absolute atomic E-state index is 0.0741. The Labute approximate surface area is 144 Å². The molecule has 0 saturated carbocycles. The Hall–Kier alpha value is -3.65. The molecule has 2 aromatic rings. The van der Waals surface area contributed by atoms with Gasteiger partial charge in [-0.05, 0) is 18.2 Å². The number of hydrogen-bond acceptors (Lipinski definition) is 9. The van der Waals surface area contributed by atoms with Crippen LogP contribution in [0.2, 0.25) is 0 Å². The van der Waals surface area contributed by atoms with E-state index in [4.69, 9.17) is 9.66 Å². The number of hydrogen-bond donors (Lipinski definition) is 2. The van der Waals surface area contributed by atoms with Crippen molar-refractivity contribution in [2.75, 3.05) is 0 Å². The van der Waals surface area contributed by atoms with Crippen LogP contribution in [0, 0.1) is 30.3 Å². The molecule has 14 heteroatoms. The van der Waals surface area contributed by atoms with Crippen molar-refractivity contribution in [1.82, 2.24) is 0 Å². The van der Waals surface area contributed by atoms with Gasteiger partial charge in [0.25, 0.3) is 10.1 Å². The molecule has 0 amide bonds. The minimum atomic E-state index is -4.00. The van der Waals surface area contributed by atoms with Gasteiger partial charge in [-0.15, -0.1) is 0 Å². The zero-order valence-electron chi connectivity index (χ0n) is 12.5. The lowest BCUT2D eigenvalue weighted by molar-refractivity contribution is -0.441. The molecular weight excluding hydrogens is 378 g/mol. The van der Waals surface area contributed by atoms with Gasteiger partial charge >= 0.3 is 17.1 Å². The molecule has 2 N–H and O–H groups in total. The van der Waals surface area contributed by atoms with Crippen LogP contribution >= 0.6 is 0 Å². The monoisotopic (exact) mass is 387 g/mol. The van der Waals surface area contributed by atoms with Crippen molar-refractivity contribution in [3.05, 3.63) is 72.8 Å². The number of nitro groups is 3. The van der Waals surface area contributed by atoms with E-state index in [0.29, 0.717) is 12.1 Å². The number of aromatic hydroxyl groups is 1. The lowest BCUT2D eigenvalue weighted by atomic mass is 10.2. The number of nitrogens with zero attached hydrogens (tertiary/aromatic N) is 3. The number of rotatable bonds is 4. The second kappa shape index (κ2) is 7.95. The van der Waals surface area contributed by atoms with E-state index in [-0.39, 0.29) is 4.90 Å². The van der Waals surface area contributed by atoms with Gasteiger partial charge in [0.15, 0.2) is 0 Å². The molecule has 0 radical (unpaired) electrons. The first kappa shape index (κ1) is 20.4. The van der Waals surface area contributed by atoms with E-state index < -0.39 is 47.7 Å². The lowest BCUT2D eigenvalue weighted by Gasteiger charge is -1.98. The average Bonchev–Trinajstić information content (AvgIpc) is 2.54. The van der Waals surface area contributed by atoms with Crippen LogP contribution in [0.4, 0.5) is 17.1 Å². The van der Waals surface area contributed by atoms with Crippen molar-refractivity contribution < 1.29 is 32.8 Å². The molecule has 13 nitrogen and oxygen atoms in total. The molecule has 0 aliphatic heterocycles. The quantitative estimate of drug-likeness (QED) is 0.443. The van der Waals surface area contributed by atoms with Crippen molar-refractivity contribution in [1.29, 1.82) is 0 Å². The Morgan fingerprint density at radius 3 is 1.62 bits per heavy atom. The summed E-state index contributed by atoms with van der Waals surface area (Å²) < 4.78 is 29.2. The summed E-state index contributed by atoms with van der Waals surface area (Å²) in [5, 5.41) is 40.4. The van der Waals surface area contributed by atoms with Crippen LogP contribution in [0.5, 0.6) is 5.75 Å². The van der Waals surface area contributed by atoms with Gasteiger partial charge in [0.05, 0.1) is 19.7 Å². The summed E-state index contributed by atoms with van der Waals surface area (Å²) in [4.78, 5) is 27.6. The predicted molar refractivity (Wildman–Crippen MR) is 84.3 cm³/mol. The van der Waals surface area contributed by atoms with Crippen LogP contribution in [0.15, 0.2) is 47.4 Å². The van der Waals surface area contributed by atoms with Gasteiger partial charge in [0, 0.05) is 6.07 Å². The van der Waals surface area contributed by atoms with Gasteiger partial charge in [-0.1, -0.05) is 18.2 Å². The van der Waals surface area contributed by atoms with E-state index in [0.717, 1.165) is 0 Å². The molecule has 2 rings (SSSR count). The first-order chi connectivity index (χ1) is 12.0. The Balaban J connectivity index is 0.000000289. The molecular formula is C12H9N3O10S. The highest BCUT2D eigenvalue weighted by Crippen LogP contribution is 2.41. The first-order valence-electron chi connectivity index (χ1n) is 6.28. The molecule has 0 spiro atoms. The summed E-state index contributed by atoms with van der Waals surface area (Å²) in [5.41, 5.74) is -3.68. The first-order valence-corrected chi connectivity index (χ1v) is 7.72. The lowest BCUT2D eigenvalue weighted by Crippen LogP contribution is -2.01.